The summed E-state index contributed by atoms with van der Waals surface area (Å²) in [6, 6.07) is 17.3. The molecular weight excluding hydrogens is 443 g/mol. The molecule has 1 N–H and O–H groups in total. The van der Waals surface area contributed by atoms with Crippen molar-refractivity contribution in [1.29, 1.82) is 5.26 Å². The second kappa shape index (κ2) is 11.7. The summed E-state index contributed by atoms with van der Waals surface area (Å²) >= 11 is 0. The van der Waals surface area contributed by atoms with Gasteiger partial charge in [0.2, 0.25) is 0 Å². The van der Waals surface area contributed by atoms with E-state index >= 15 is 0 Å². The molecule has 5 nitrogen and oxygen atoms in total. The van der Waals surface area contributed by atoms with E-state index in [4.69, 9.17) is 9.47 Å². The third-order valence-corrected chi connectivity index (χ3v) is 5.32. The molecule has 0 aliphatic carbocycles. The molecule has 0 spiro atoms. The van der Waals surface area contributed by atoms with E-state index in [-0.39, 0.29) is 18.0 Å². The van der Waals surface area contributed by atoms with Crippen LogP contribution in [0.1, 0.15) is 27.8 Å². The predicted molar refractivity (Wildman–Crippen MR) is 136 cm³/mol. The minimum atomic E-state index is -0.505. The van der Waals surface area contributed by atoms with E-state index in [0.29, 0.717) is 34.7 Å². The molecule has 0 aliphatic heterocycles. The lowest BCUT2D eigenvalue weighted by atomic mass is 10.0. The van der Waals surface area contributed by atoms with Crippen molar-refractivity contribution < 1.29 is 18.7 Å². The van der Waals surface area contributed by atoms with E-state index in [2.05, 4.69) is 11.9 Å². The van der Waals surface area contributed by atoms with Crippen LogP contribution in [-0.2, 0) is 17.8 Å². The second-order valence-electron chi connectivity index (χ2n) is 8.07. The maximum Gasteiger partial charge on any atom is 0.266 e. The number of methoxy groups -OCH3 is 1. The number of carbonyl (C=O) groups is 1. The number of anilines is 1. The third kappa shape index (κ3) is 6.58. The van der Waals surface area contributed by atoms with E-state index < -0.39 is 5.91 Å². The zero-order chi connectivity index (χ0) is 25.4. The summed E-state index contributed by atoms with van der Waals surface area (Å²) in [5.41, 5.74) is 4.62. The van der Waals surface area contributed by atoms with Crippen molar-refractivity contribution in [2.24, 2.45) is 0 Å². The van der Waals surface area contributed by atoms with Gasteiger partial charge in [0.1, 0.15) is 24.1 Å². The fourth-order valence-corrected chi connectivity index (χ4v) is 3.63. The number of amides is 1. The maximum absolute atomic E-state index is 13.5. The van der Waals surface area contributed by atoms with Crippen LogP contribution in [-0.4, -0.2) is 13.0 Å². The minimum absolute atomic E-state index is 0.0509. The van der Waals surface area contributed by atoms with Crippen LogP contribution in [0.4, 0.5) is 10.1 Å². The van der Waals surface area contributed by atoms with E-state index in [1.807, 2.05) is 44.2 Å². The van der Waals surface area contributed by atoms with Crippen molar-refractivity contribution in [2.45, 2.75) is 26.9 Å². The van der Waals surface area contributed by atoms with Crippen LogP contribution in [0.3, 0.4) is 0 Å². The Morgan fingerprint density at radius 3 is 2.63 bits per heavy atom. The minimum Gasteiger partial charge on any atom is -0.493 e. The van der Waals surface area contributed by atoms with E-state index in [0.717, 1.165) is 16.7 Å². The second-order valence-corrected chi connectivity index (χ2v) is 8.07. The molecule has 0 fully saturated rings. The molecular formula is C29H27FN2O3. The number of nitriles is 1. The number of carbonyl (C=O) groups excluding carboxylic acids is 1. The largest absolute Gasteiger partial charge is 0.493 e. The molecule has 35 heavy (non-hydrogen) atoms. The molecule has 0 saturated heterocycles. The third-order valence-electron chi connectivity index (χ3n) is 5.32. The SMILES string of the molecule is C=CCc1cc(/C=C(\C#N)C(=O)Nc2ccc(C)cc2C)cc(OC)c1OCc1cccc(F)c1. The number of benzene rings is 3. The number of rotatable bonds is 9. The van der Waals surface area contributed by atoms with Crippen LogP contribution in [0.15, 0.2) is 72.8 Å². The predicted octanol–water partition coefficient (Wildman–Crippen LogP) is 6.30. The van der Waals surface area contributed by atoms with Gasteiger partial charge in [0, 0.05) is 11.3 Å². The van der Waals surface area contributed by atoms with Gasteiger partial charge in [-0.2, -0.15) is 5.26 Å². The van der Waals surface area contributed by atoms with Crippen LogP contribution in [0.5, 0.6) is 11.5 Å². The van der Waals surface area contributed by atoms with Crippen LogP contribution in [0.25, 0.3) is 6.08 Å². The molecule has 0 bridgehead atoms. The van der Waals surface area contributed by atoms with Gasteiger partial charge in [0.25, 0.3) is 5.91 Å². The molecule has 0 heterocycles. The van der Waals surface area contributed by atoms with Crippen molar-refractivity contribution in [2.75, 3.05) is 12.4 Å². The first-order chi connectivity index (χ1) is 16.8. The van der Waals surface area contributed by atoms with Gasteiger partial charge in [0.05, 0.1) is 7.11 Å². The average molecular weight is 471 g/mol. The highest BCUT2D eigenvalue weighted by atomic mass is 19.1. The van der Waals surface area contributed by atoms with Gasteiger partial charge in [-0.1, -0.05) is 35.9 Å². The van der Waals surface area contributed by atoms with Gasteiger partial charge < -0.3 is 14.8 Å². The van der Waals surface area contributed by atoms with E-state index in [9.17, 15) is 14.4 Å². The Bertz CT molecular complexity index is 1320. The molecule has 6 heteroatoms. The summed E-state index contributed by atoms with van der Waals surface area (Å²) < 4.78 is 25.1. The number of nitrogens with zero attached hydrogens (tertiary/aromatic N) is 1. The number of nitrogens with one attached hydrogen (secondary N) is 1. The molecule has 3 aromatic carbocycles. The van der Waals surface area contributed by atoms with Crippen LogP contribution < -0.4 is 14.8 Å². The summed E-state index contributed by atoms with van der Waals surface area (Å²) in [5, 5.41) is 12.5. The zero-order valence-corrected chi connectivity index (χ0v) is 20.0. The Morgan fingerprint density at radius 2 is 1.97 bits per heavy atom. The molecule has 0 saturated carbocycles. The highest BCUT2D eigenvalue weighted by molar-refractivity contribution is 6.10. The Kier molecular flexibility index (Phi) is 8.42. The van der Waals surface area contributed by atoms with Gasteiger partial charge in [-0.15, -0.1) is 6.58 Å². The first-order valence-electron chi connectivity index (χ1n) is 11.0. The maximum atomic E-state index is 13.5. The number of allylic oxidation sites excluding steroid dienone is 1. The molecule has 3 rings (SSSR count). The number of ether oxygens (including phenoxy) is 2. The molecule has 178 valence electrons. The number of halogens is 1. The fourth-order valence-electron chi connectivity index (χ4n) is 3.63. The van der Waals surface area contributed by atoms with Crippen LogP contribution >= 0.6 is 0 Å². The first kappa shape index (κ1) is 25.3. The molecule has 0 unspecified atom stereocenters. The number of hydrogen-bond acceptors (Lipinski definition) is 4. The van der Waals surface area contributed by atoms with E-state index in [1.165, 1.54) is 25.3 Å². The molecule has 0 radical (unpaired) electrons. The van der Waals surface area contributed by atoms with Crippen molar-refractivity contribution >= 4 is 17.7 Å². The average Bonchev–Trinajstić information content (AvgIpc) is 2.83. The number of aryl methyl sites for hydroxylation is 2. The lowest BCUT2D eigenvalue weighted by molar-refractivity contribution is -0.112. The molecule has 0 aliphatic rings. The summed E-state index contributed by atoms with van der Waals surface area (Å²) in [7, 11) is 1.51. The Morgan fingerprint density at radius 1 is 1.17 bits per heavy atom. The fraction of sp³-hybridized carbons (Fsp3) is 0.172. The lowest BCUT2D eigenvalue weighted by Crippen LogP contribution is -2.14. The molecule has 0 aromatic heterocycles. The van der Waals surface area contributed by atoms with E-state index in [1.54, 1.807) is 24.3 Å². The summed E-state index contributed by atoms with van der Waals surface area (Å²) in [4.78, 5) is 12.8. The van der Waals surface area contributed by atoms with Crippen molar-refractivity contribution in [1.82, 2.24) is 0 Å². The van der Waals surface area contributed by atoms with Crippen molar-refractivity contribution in [3.8, 4) is 17.6 Å². The Balaban J connectivity index is 1.91. The standard InChI is InChI=1S/C29H27FN2O3/c1-5-7-23-13-22(14-24(17-31)29(33)32-26-11-10-19(2)12-20(26)3)16-27(34-4)28(23)35-18-21-8-6-9-25(30)15-21/h5-6,8-16H,1,7,18H2,2-4H3,(H,32,33)/b24-14+. The normalized spacial score (nSPS) is 10.9. The van der Waals surface area contributed by atoms with Crippen LogP contribution in [0.2, 0.25) is 0 Å². The smallest absolute Gasteiger partial charge is 0.266 e. The van der Waals surface area contributed by atoms with Gasteiger partial charge in [-0.25, -0.2) is 4.39 Å². The highest BCUT2D eigenvalue weighted by Gasteiger charge is 2.15. The summed E-state index contributed by atoms with van der Waals surface area (Å²) in [5.74, 6) is 0.0780. The number of hydrogen-bond donors (Lipinski definition) is 1. The zero-order valence-electron chi connectivity index (χ0n) is 20.0. The quantitative estimate of drug-likeness (QED) is 0.226. The lowest BCUT2D eigenvalue weighted by Gasteiger charge is -2.16. The summed E-state index contributed by atoms with van der Waals surface area (Å²) in [6.45, 7) is 7.82. The Labute approximate surface area is 205 Å². The van der Waals surface area contributed by atoms with Crippen molar-refractivity contribution in [3.05, 3.63) is 106 Å². The molecule has 0 atom stereocenters. The monoisotopic (exact) mass is 470 g/mol. The summed E-state index contributed by atoms with van der Waals surface area (Å²) in [6.07, 6.45) is 3.69. The highest BCUT2D eigenvalue weighted by Crippen LogP contribution is 2.35. The Hall–Kier alpha value is -4.37. The van der Waals surface area contributed by atoms with Gasteiger partial charge in [-0.05, 0) is 73.4 Å². The topological polar surface area (TPSA) is 71.4 Å². The molecule has 3 aromatic rings. The first-order valence-corrected chi connectivity index (χ1v) is 11.0. The van der Waals surface area contributed by atoms with Gasteiger partial charge >= 0.3 is 0 Å². The van der Waals surface area contributed by atoms with Crippen LogP contribution in [0, 0.1) is 31.0 Å². The van der Waals surface area contributed by atoms with Crippen molar-refractivity contribution in [3.63, 3.8) is 0 Å². The molecule has 1 amide bonds. The van der Waals surface area contributed by atoms with Gasteiger partial charge in [-0.3, -0.25) is 4.79 Å². The van der Waals surface area contributed by atoms with Gasteiger partial charge in [0.15, 0.2) is 11.5 Å².